The first kappa shape index (κ1) is 8.52. The van der Waals surface area contributed by atoms with Crippen molar-refractivity contribution in [3.63, 3.8) is 0 Å². The smallest absolute Gasteiger partial charge is 0.0183 e. The highest BCUT2D eigenvalue weighted by atomic mass is 14.9. The van der Waals surface area contributed by atoms with Gasteiger partial charge in [0.15, 0.2) is 0 Å². The van der Waals surface area contributed by atoms with Crippen molar-refractivity contribution in [1.82, 2.24) is 5.32 Å². The molecule has 1 aliphatic rings. The highest BCUT2D eigenvalue weighted by molar-refractivity contribution is 5.56. The predicted molar refractivity (Wildman–Crippen MR) is 56.8 cm³/mol. The molecule has 1 aliphatic heterocycles. The maximum Gasteiger partial charge on any atom is 0.0183 e. The van der Waals surface area contributed by atoms with Crippen molar-refractivity contribution in [3.8, 4) is 0 Å². The van der Waals surface area contributed by atoms with Gasteiger partial charge in [0.1, 0.15) is 0 Å². The van der Waals surface area contributed by atoms with Crippen LogP contribution >= 0.6 is 0 Å². The molecule has 1 N–H and O–H groups in total. The average Bonchev–Trinajstić information content (AvgIpc) is 1.95. The Morgan fingerprint density at radius 2 is 1.69 bits per heavy atom. The van der Waals surface area contributed by atoms with Crippen molar-refractivity contribution in [2.75, 3.05) is 13.1 Å². The third-order valence-electron chi connectivity index (χ3n) is 2.32. The van der Waals surface area contributed by atoms with Gasteiger partial charge in [0.25, 0.3) is 0 Å². The van der Waals surface area contributed by atoms with E-state index in [-0.39, 0.29) is 0 Å². The molecule has 1 aromatic carbocycles. The SMILES string of the molecule is Cc1cc(C)cc(C=C2CNC2)c1. The predicted octanol–water partition coefficient (Wildman–Crippen LogP) is 2.29. The summed E-state index contributed by atoms with van der Waals surface area (Å²) in [6.07, 6.45) is 2.29. The molecule has 0 spiro atoms. The minimum Gasteiger partial charge on any atom is -0.309 e. The molecule has 0 amide bonds. The van der Waals surface area contributed by atoms with E-state index in [9.17, 15) is 0 Å². The zero-order chi connectivity index (χ0) is 9.26. The van der Waals surface area contributed by atoms with Crippen LogP contribution in [0.4, 0.5) is 0 Å². The molecule has 13 heavy (non-hydrogen) atoms. The number of nitrogens with one attached hydrogen (secondary N) is 1. The maximum atomic E-state index is 3.24. The molecule has 0 saturated carbocycles. The summed E-state index contributed by atoms with van der Waals surface area (Å²) >= 11 is 0. The monoisotopic (exact) mass is 173 g/mol. The maximum absolute atomic E-state index is 3.24. The van der Waals surface area contributed by atoms with E-state index >= 15 is 0 Å². The summed E-state index contributed by atoms with van der Waals surface area (Å²) < 4.78 is 0. The molecule has 1 aromatic rings. The average molecular weight is 173 g/mol. The number of hydrogen-bond donors (Lipinski definition) is 1. The van der Waals surface area contributed by atoms with E-state index in [1.165, 1.54) is 22.3 Å². The molecule has 1 heterocycles. The Kier molecular flexibility index (Phi) is 2.19. The Labute approximate surface area is 79.5 Å². The second-order valence-corrected chi connectivity index (χ2v) is 3.83. The summed E-state index contributed by atoms with van der Waals surface area (Å²) in [7, 11) is 0. The van der Waals surface area contributed by atoms with Gasteiger partial charge in [0.05, 0.1) is 0 Å². The third-order valence-corrected chi connectivity index (χ3v) is 2.32. The molecule has 2 rings (SSSR count). The Balaban J connectivity index is 2.29. The Hall–Kier alpha value is -1.08. The first-order valence-corrected chi connectivity index (χ1v) is 4.72. The van der Waals surface area contributed by atoms with Crippen LogP contribution in [0.2, 0.25) is 0 Å². The molecule has 0 unspecified atom stereocenters. The Morgan fingerprint density at radius 3 is 2.15 bits per heavy atom. The van der Waals surface area contributed by atoms with Crippen LogP contribution in [-0.4, -0.2) is 13.1 Å². The first-order valence-electron chi connectivity index (χ1n) is 4.72. The number of aryl methyl sites for hydroxylation is 2. The molecule has 0 radical (unpaired) electrons. The van der Waals surface area contributed by atoms with Crippen molar-refractivity contribution in [2.45, 2.75) is 13.8 Å². The van der Waals surface area contributed by atoms with Gasteiger partial charge in [-0.1, -0.05) is 35.4 Å². The molecule has 1 nitrogen and oxygen atoms in total. The highest BCUT2D eigenvalue weighted by Crippen LogP contribution is 2.14. The molecule has 0 bridgehead atoms. The fraction of sp³-hybridized carbons (Fsp3) is 0.333. The third kappa shape index (κ3) is 1.99. The summed E-state index contributed by atoms with van der Waals surface area (Å²) in [4.78, 5) is 0. The molecular weight excluding hydrogens is 158 g/mol. The van der Waals surface area contributed by atoms with Crippen molar-refractivity contribution in [3.05, 3.63) is 40.5 Å². The van der Waals surface area contributed by atoms with Crippen molar-refractivity contribution in [1.29, 1.82) is 0 Å². The van der Waals surface area contributed by atoms with E-state index in [0.29, 0.717) is 0 Å². The van der Waals surface area contributed by atoms with E-state index in [1.54, 1.807) is 0 Å². The van der Waals surface area contributed by atoms with E-state index in [1.807, 2.05) is 0 Å². The molecule has 1 heteroatoms. The fourth-order valence-corrected chi connectivity index (χ4v) is 1.70. The first-order chi connectivity index (χ1) is 6.24. The van der Waals surface area contributed by atoms with Gasteiger partial charge in [-0.05, 0) is 25.0 Å². The van der Waals surface area contributed by atoms with Crippen LogP contribution in [0.15, 0.2) is 23.8 Å². The van der Waals surface area contributed by atoms with Crippen LogP contribution in [0.5, 0.6) is 0 Å². The summed E-state index contributed by atoms with van der Waals surface area (Å²) in [6.45, 7) is 6.42. The summed E-state index contributed by atoms with van der Waals surface area (Å²) in [5, 5.41) is 3.24. The van der Waals surface area contributed by atoms with Gasteiger partial charge in [-0.3, -0.25) is 0 Å². The van der Waals surface area contributed by atoms with Crippen molar-refractivity contribution < 1.29 is 0 Å². The van der Waals surface area contributed by atoms with Crippen LogP contribution in [0.25, 0.3) is 6.08 Å². The van der Waals surface area contributed by atoms with Crippen molar-refractivity contribution >= 4 is 6.08 Å². The standard InChI is InChI=1S/C12H15N/c1-9-3-10(2)5-11(4-9)6-12-7-13-8-12/h3-6,13H,7-8H2,1-2H3. The quantitative estimate of drug-likeness (QED) is 0.687. The normalized spacial score (nSPS) is 15.4. The zero-order valence-corrected chi connectivity index (χ0v) is 8.22. The van der Waals surface area contributed by atoms with Crippen LogP contribution in [0.3, 0.4) is 0 Å². The Bertz CT molecular complexity index is 324. The lowest BCUT2D eigenvalue weighted by Gasteiger charge is -2.18. The highest BCUT2D eigenvalue weighted by Gasteiger charge is 2.06. The molecular formula is C12H15N. The van der Waals surface area contributed by atoms with Gasteiger partial charge < -0.3 is 5.32 Å². The Morgan fingerprint density at radius 1 is 1.08 bits per heavy atom. The second-order valence-electron chi connectivity index (χ2n) is 3.83. The van der Waals surface area contributed by atoms with Crippen LogP contribution < -0.4 is 5.32 Å². The summed E-state index contributed by atoms with van der Waals surface area (Å²) in [5.41, 5.74) is 5.54. The van der Waals surface area contributed by atoms with Crippen LogP contribution in [-0.2, 0) is 0 Å². The van der Waals surface area contributed by atoms with Gasteiger partial charge in [0, 0.05) is 13.1 Å². The lowest BCUT2D eigenvalue weighted by molar-refractivity contribution is 0.675. The summed E-state index contributed by atoms with van der Waals surface area (Å²) in [5.74, 6) is 0. The van der Waals surface area contributed by atoms with Crippen LogP contribution in [0.1, 0.15) is 16.7 Å². The molecule has 0 aliphatic carbocycles. The van der Waals surface area contributed by atoms with E-state index in [0.717, 1.165) is 13.1 Å². The molecule has 68 valence electrons. The fourth-order valence-electron chi connectivity index (χ4n) is 1.70. The van der Waals surface area contributed by atoms with Gasteiger partial charge in [-0.2, -0.15) is 0 Å². The summed E-state index contributed by atoms with van der Waals surface area (Å²) in [6, 6.07) is 6.68. The molecule has 1 saturated heterocycles. The van der Waals surface area contributed by atoms with Gasteiger partial charge in [-0.15, -0.1) is 0 Å². The van der Waals surface area contributed by atoms with Crippen LogP contribution in [0, 0.1) is 13.8 Å². The minimum atomic E-state index is 1.06. The topological polar surface area (TPSA) is 12.0 Å². The number of benzene rings is 1. The lowest BCUT2D eigenvalue weighted by Crippen LogP contribution is -2.33. The van der Waals surface area contributed by atoms with Gasteiger partial charge >= 0.3 is 0 Å². The number of hydrogen-bond acceptors (Lipinski definition) is 1. The molecule has 0 aromatic heterocycles. The van der Waals surface area contributed by atoms with Gasteiger partial charge in [-0.25, -0.2) is 0 Å². The zero-order valence-electron chi connectivity index (χ0n) is 8.22. The largest absolute Gasteiger partial charge is 0.309 e. The molecule has 1 fully saturated rings. The van der Waals surface area contributed by atoms with Crippen molar-refractivity contribution in [2.24, 2.45) is 0 Å². The second kappa shape index (κ2) is 3.35. The lowest BCUT2D eigenvalue weighted by atomic mass is 10.0. The van der Waals surface area contributed by atoms with Gasteiger partial charge in [0.2, 0.25) is 0 Å². The van der Waals surface area contributed by atoms with E-state index < -0.39 is 0 Å². The van der Waals surface area contributed by atoms with E-state index in [2.05, 4.69) is 43.4 Å². The number of rotatable bonds is 1. The minimum absolute atomic E-state index is 1.06. The molecule has 0 atom stereocenters. The van der Waals surface area contributed by atoms with E-state index in [4.69, 9.17) is 0 Å².